The van der Waals surface area contributed by atoms with Gasteiger partial charge in [-0.25, -0.2) is 0 Å². The summed E-state index contributed by atoms with van der Waals surface area (Å²) in [7, 11) is 0. The fraction of sp³-hybridized carbons (Fsp3) is 0.625. The second-order valence-corrected chi connectivity index (χ2v) is 10.1. The first-order valence-electron chi connectivity index (χ1n) is 13.4. The van der Waals surface area contributed by atoms with Gasteiger partial charge in [0.15, 0.2) is 0 Å². The third-order valence-electron chi connectivity index (χ3n) is 4.92. The summed E-state index contributed by atoms with van der Waals surface area (Å²) >= 11 is 0. The van der Waals surface area contributed by atoms with Gasteiger partial charge < -0.3 is 9.80 Å². The standard InChI is InChI=1S/C25H40N2.C3H8.2C2H6/c1-10-15-22-16-13-14-17-23(22)27(18-24(5,6)7)20-26(21(4)11-2)19-25(8,9)12-3;1-3-2;2*1-2/h10-11,13-14,16-17H,1-2,4,12,15,18-20H2,3,5-9H3;3H2,1-2H3;2*1-2H3. The zero-order chi connectivity index (χ0) is 27.4. The molecule has 0 radical (unpaired) electrons. The molecule has 0 amide bonds. The van der Waals surface area contributed by atoms with Crippen LogP contribution in [0.5, 0.6) is 0 Å². The van der Waals surface area contributed by atoms with Gasteiger partial charge in [-0.2, -0.15) is 0 Å². The van der Waals surface area contributed by atoms with Crippen LogP contribution in [0.4, 0.5) is 5.69 Å². The van der Waals surface area contributed by atoms with Crippen LogP contribution in [0.3, 0.4) is 0 Å². The van der Waals surface area contributed by atoms with Crippen molar-refractivity contribution in [1.29, 1.82) is 0 Å². The van der Waals surface area contributed by atoms with Crippen molar-refractivity contribution < 1.29 is 0 Å². The van der Waals surface area contributed by atoms with Gasteiger partial charge in [-0.15, -0.1) is 6.58 Å². The summed E-state index contributed by atoms with van der Waals surface area (Å²) in [5.74, 6) is 0. The number of anilines is 1. The zero-order valence-corrected chi connectivity index (χ0v) is 25.2. The van der Waals surface area contributed by atoms with Crippen LogP contribution in [0.1, 0.15) is 101 Å². The summed E-state index contributed by atoms with van der Waals surface area (Å²) in [6.07, 6.45) is 7.10. The summed E-state index contributed by atoms with van der Waals surface area (Å²) in [6, 6.07) is 8.66. The highest BCUT2D eigenvalue weighted by atomic mass is 15.3. The number of rotatable bonds is 11. The molecule has 0 saturated carbocycles. The molecule has 0 atom stereocenters. The van der Waals surface area contributed by atoms with Crippen molar-refractivity contribution in [3.8, 4) is 0 Å². The lowest BCUT2D eigenvalue weighted by Gasteiger charge is -2.41. The van der Waals surface area contributed by atoms with Crippen molar-refractivity contribution in [3.63, 3.8) is 0 Å². The topological polar surface area (TPSA) is 6.48 Å². The van der Waals surface area contributed by atoms with Gasteiger partial charge in [0.2, 0.25) is 0 Å². The van der Waals surface area contributed by atoms with E-state index >= 15 is 0 Å². The average molecular weight is 473 g/mol. The Bertz CT molecular complexity index is 649. The summed E-state index contributed by atoms with van der Waals surface area (Å²) < 4.78 is 0. The van der Waals surface area contributed by atoms with Crippen molar-refractivity contribution in [2.75, 3.05) is 24.7 Å². The van der Waals surface area contributed by atoms with E-state index in [0.29, 0.717) is 0 Å². The van der Waals surface area contributed by atoms with E-state index in [9.17, 15) is 0 Å². The molecular weight excluding hydrogens is 412 g/mol. The Morgan fingerprint density at radius 3 is 1.79 bits per heavy atom. The van der Waals surface area contributed by atoms with Crippen LogP contribution in [-0.2, 0) is 6.42 Å². The minimum Gasteiger partial charge on any atom is -0.354 e. The molecule has 2 nitrogen and oxygen atoms in total. The Hall–Kier alpha value is -1.96. The molecule has 0 saturated heterocycles. The van der Waals surface area contributed by atoms with Gasteiger partial charge in [0.05, 0.1) is 6.67 Å². The number of hydrogen-bond acceptors (Lipinski definition) is 2. The predicted octanol–water partition coefficient (Wildman–Crippen LogP) is 10.1. The maximum atomic E-state index is 4.26. The highest BCUT2D eigenvalue weighted by Gasteiger charge is 2.25. The molecule has 0 aliphatic carbocycles. The summed E-state index contributed by atoms with van der Waals surface area (Å²) in [4.78, 5) is 4.85. The highest BCUT2D eigenvalue weighted by Crippen LogP contribution is 2.29. The van der Waals surface area contributed by atoms with Crippen LogP contribution in [-0.4, -0.2) is 24.7 Å². The molecule has 0 aliphatic heterocycles. The van der Waals surface area contributed by atoms with Crippen molar-refractivity contribution in [3.05, 3.63) is 67.4 Å². The Morgan fingerprint density at radius 2 is 1.38 bits per heavy atom. The number of para-hydroxylation sites is 1. The van der Waals surface area contributed by atoms with Crippen molar-refractivity contribution in [1.82, 2.24) is 4.90 Å². The normalized spacial score (nSPS) is 10.2. The second kappa shape index (κ2) is 20.4. The third-order valence-corrected chi connectivity index (χ3v) is 4.92. The van der Waals surface area contributed by atoms with Crippen LogP contribution in [0.15, 0.2) is 61.9 Å². The van der Waals surface area contributed by atoms with Gasteiger partial charge in [-0.1, -0.05) is 127 Å². The van der Waals surface area contributed by atoms with Crippen molar-refractivity contribution in [2.24, 2.45) is 10.8 Å². The Balaban J connectivity index is -0.00000124. The predicted molar refractivity (Wildman–Crippen MR) is 161 cm³/mol. The van der Waals surface area contributed by atoms with E-state index < -0.39 is 0 Å². The van der Waals surface area contributed by atoms with Crippen LogP contribution in [0.2, 0.25) is 0 Å². The molecule has 0 heterocycles. The zero-order valence-electron chi connectivity index (χ0n) is 25.2. The lowest BCUT2D eigenvalue weighted by atomic mass is 9.89. The van der Waals surface area contributed by atoms with Crippen LogP contribution in [0.25, 0.3) is 0 Å². The Kier molecular flexibility index (Phi) is 22.0. The molecule has 1 aromatic carbocycles. The summed E-state index contributed by atoms with van der Waals surface area (Å²) in [6.45, 7) is 40.9. The smallest absolute Gasteiger partial charge is 0.0903 e. The molecule has 2 heteroatoms. The van der Waals surface area contributed by atoms with Crippen molar-refractivity contribution in [2.45, 2.75) is 102 Å². The molecule has 0 unspecified atom stereocenters. The first kappa shape index (κ1) is 36.6. The second-order valence-electron chi connectivity index (χ2n) is 10.1. The molecule has 0 N–H and O–H groups in total. The average Bonchev–Trinajstić information content (AvgIpc) is 2.80. The van der Waals surface area contributed by atoms with Gasteiger partial charge in [0.1, 0.15) is 0 Å². The first-order valence-corrected chi connectivity index (χ1v) is 13.4. The molecule has 0 bridgehead atoms. The van der Waals surface area contributed by atoms with Gasteiger partial charge in [0.25, 0.3) is 0 Å². The van der Waals surface area contributed by atoms with Crippen LogP contribution < -0.4 is 4.90 Å². The summed E-state index contributed by atoms with van der Waals surface area (Å²) in [5.41, 5.74) is 3.98. The molecule has 198 valence electrons. The van der Waals surface area contributed by atoms with Crippen LogP contribution in [0, 0.1) is 10.8 Å². The van der Waals surface area contributed by atoms with Crippen molar-refractivity contribution >= 4 is 5.69 Å². The molecule has 1 aromatic rings. The minimum absolute atomic E-state index is 0.183. The molecule has 1 rings (SSSR count). The Labute approximate surface area is 215 Å². The number of hydrogen-bond donors (Lipinski definition) is 0. The fourth-order valence-corrected chi connectivity index (χ4v) is 3.14. The summed E-state index contributed by atoms with van der Waals surface area (Å²) in [5, 5.41) is 0. The van der Waals surface area contributed by atoms with Gasteiger partial charge in [0, 0.05) is 24.5 Å². The SMILES string of the molecule is C=CCc1ccccc1N(CN(CC(C)(C)CC)C(=C)C=C)CC(C)(C)C.CC.CC.CCC. The van der Waals surface area contributed by atoms with E-state index in [0.717, 1.165) is 38.3 Å². The molecule has 0 aliphatic rings. The third kappa shape index (κ3) is 16.6. The van der Waals surface area contributed by atoms with E-state index in [1.807, 2.05) is 39.8 Å². The molecule has 0 aromatic heterocycles. The van der Waals surface area contributed by atoms with Gasteiger partial charge in [-0.3, -0.25) is 0 Å². The van der Waals surface area contributed by atoms with E-state index in [4.69, 9.17) is 0 Å². The quantitative estimate of drug-likeness (QED) is 0.179. The van der Waals surface area contributed by atoms with Crippen LogP contribution >= 0.6 is 0 Å². The fourth-order valence-electron chi connectivity index (χ4n) is 3.14. The largest absolute Gasteiger partial charge is 0.354 e. The van der Waals surface area contributed by atoms with E-state index in [1.54, 1.807) is 0 Å². The number of benzene rings is 1. The van der Waals surface area contributed by atoms with Gasteiger partial charge >= 0.3 is 0 Å². The molecular formula is C32H60N2. The van der Waals surface area contributed by atoms with Gasteiger partial charge in [-0.05, 0) is 41.4 Å². The number of nitrogens with zero attached hydrogens (tertiary/aromatic N) is 2. The number of allylic oxidation sites excluding steroid dienone is 2. The lowest BCUT2D eigenvalue weighted by Crippen LogP contribution is -2.44. The molecule has 0 fully saturated rings. The first-order chi connectivity index (χ1) is 15.9. The van der Waals surface area contributed by atoms with E-state index in [-0.39, 0.29) is 10.8 Å². The molecule has 0 spiro atoms. The minimum atomic E-state index is 0.183. The molecule has 34 heavy (non-hydrogen) atoms. The Morgan fingerprint density at radius 1 is 0.882 bits per heavy atom. The van der Waals surface area contributed by atoms with E-state index in [2.05, 4.69) is 109 Å². The lowest BCUT2D eigenvalue weighted by molar-refractivity contribution is 0.210. The maximum absolute atomic E-state index is 4.26. The monoisotopic (exact) mass is 472 g/mol. The highest BCUT2D eigenvalue weighted by molar-refractivity contribution is 5.54. The van der Waals surface area contributed by atoms with E-state index in [1.165, 1.54) is 17.7 Å². The maximum Gasteiger partial charge on any atom is 0.0903 e.